The summed E-state index contributed by atoms with van der Waals surface area (Å²) < 4.78 is 38.9. The molecule has 1 aliphatic carbocycles. The highest BCUT2D eigenvalue weighted by Gasteiger charge is 2.33. The average molecular weight is 492 g/mol. The van der Waals surface area contributed by atoms with Crippen LogP contribution in [0.2, 0.25) is 0 Å². The fourth-order valence-corrected chi connectivity index (χ4v) is 5.34. The smallest absolute Gasteiger partial charge is 0.416 e. The van der Waals surface area contributed by atoms with Crippen LogP contribution in [0.15, 0.2) is 78.4 Å². The molecule has 1 atom stereocenters. The van der Waals surface area contributed by atoms with Crippen molar-refractivity contribution in [2.24, 2.45) is 0 Å². The lowest BCUT2D eigenvalue weighted by molar-refractivity contribution is -0.0886. The Labute approximate surface area is 208 Å². The summed E-state index contributed by atoms with van der Waals surface area (Å²) in [5, 5.41) is 11.4. The lowest BCUT2D eigenvalue weighted by Gasteiger charge is -2.29. The molecule has 1 aliphatic heterocycles. The van der Waals surface area contributed by atoms with Crippen LogP contribution in [0.4, 0.5) is 13.2 Å². The largest absolute Gasteiger partial charge is 0.478 e. The first kappa shape index (κ1) is 24.3. The lowest BCUT2D eigenvalue weighted by Crippen LogP contribution is -2.29. The predicted octanol–water partition coefficient (Wildman–Crippen LogP) is 7.55. The second-order valence-corrected chi connectivity index (χ2v) is 9.87. The summed E-state index contributed by atoms with van der Waals surface area (Å²) in [6.45, 7) is 2.17. The molecule has 0 radical (unpaired) electrons. The van der Waals surface area contributed by atoms with Gasteiger partial charge < -0.3 is 10.0 Å². The van der Waals surface area contributed by atoms with E-state index in [2.05, 4.69) is 36.2 Å². The quantitative estimate of drug-likeness (QED) is 0.410. The van der Waals surface area contributed by atoms with Crippen molar-refractivity contribution >= 4 is 16.7 Å². The predicted molar refractivity (Wildman–Crippen MR) is 136 cm³/mol. The summed E-state index contributed by atoms with van der Waals surface area (Å²) in [6, 6.07) is 17.6. The van der Waals surface area contributed by atoms with Crippen molar-refractivity contribution in [2.45, 2.75) is 37.3 Å². The highest BCUT2D eigenvalue weighted by molar-refractivity contribution is 6.03. The van der Waals surface area contributed by atoms with Gasteiger partial charge in [0.2, 0.25) is 0 Å². The molecule has 6 heteroatoms. The van der Waals surface area contributed by atoms with E-state index in [9.17, 15) is 23.1 Å². The molecule has 186 valence electrons. The van der Waals surface area contributed by atoms with E-state index in [1.54, 1.807) is 18.2 Å². The molecule has 1 saturated heterocycles. The number of aromatic carboxylic acids is 1. The number of piperidine rings is 1. The average Bonchev–Trinajstić information content (AvgIpc) is 2.88. The highest BCUT2D eigenvalue weighted by atomic mass is 19.4. The Hall–Kier alpha value is -3.38. The fourth-order valence-electron chi connectivity index (χ4n) is 5.34. The number of carboxylic acids is 1. The Balaban J connectivity index is 1.48. The van der Waals surface area contributed by atoms with Crippen molar-refractivity contribution < 1.29 is 23.1 Å². The first-order chi connectivity index (χ1) is 17.2. The molecule has 0 aromatic heterocycles. The monoisotopic (exact) mass is 491 g/mol. The number of hydrogen-bond donors (Lipinski definition) is 1. The summed E-state index contributed by atoms with van der Waals surface area (Å²) in [5.41, 5.74) is 3.52. The Morgan fingerprint density at radius 3 is 2.28 bits per heavy atom. The number of halogens is 3. The second kappa shape index (κ2) is 9.58. The number of rotatable bonds is 4. The number of benzene rings is 3. The Morgan fingerprint density at radius 1 is 0.972 bits per heavy atom. The van der Waals surface area contributed by atoms with Crippen LogP contribution in [0, 0.1) is 0 Å². The maximum Gasteiger partial charge on any atom is 0.416 e. The van der Waals surface area contributed by atoms with Crippen molar-refractivity contribution in [1.82, 2.24) is 4.90 Å². The molecule has 0 amide bonds. The van der Waals surface area contributed by atoms with Crippen molar-refractivity contribution in [3.8, 4) is 11.1 Å². The molecular weight excluding hydrogens is 463 g/mol. The molecule has 5 rings (SSSR count). The fraction of sp³-hybridized carbons (Fsp3) is 0.300. The van der Waals surface area contributed by atoms with Gasteiger partial charge in [0.15, 0.2) is 0 Å². The number of fused-ring (bicyclic) bond motifs is 1. The van der Waals surface area contributed by atoms with Crippen LogP contribution in [0.5, 0.6) is 0 Å². The Kier molecular flexibility index (Phi) is 6.47. The molecule has 0 bridgehead atoms. The molecule has 2 aliphatic rings. The maximum atomic E-state index is 13.0. The van der Waals surface area contributed by atoms with Gasteiger partial charge >= 0.3 is 12.1 Å². The van der Waals surface area contributed by atoms with Crippen molar-refractivity contribution in [3.05, 3.63) is 95.1 Å². The zero-order valence-electron chi connectivity index (χ0n) is 20.1. The van der Waals surface area contributed by atoms with Gasteiger partial charge in [-0.1, -0.05) is 60.7 Å². The normalized spacial score (nSPS) is 19.4. The van der Waals surface area contributed by atoms with Gasteiger partial charge in [0, 0.05) is 5.92 Å². The maximum absolute atomic E-state index is 13.0. The van der Waals surface area contributed by atoms with Crippen LogP contribution < -0.4 is 0 Å². The first-order valence-corrected chi connectivity index (χ1v) is 12.2. The SMILES string of the molecule is CN1CCC(c2ccc(-c3cc(C(=O)O)cc4cc(C5C=CC(C(F)(F)F)=CC5)ccc34)cc2)CC1. The van der Waals surface area contributed by atoms with Gasteiger partial charge in [-0.15, -0.1) is 0 Å². The number of likely N-dealkylation sites (tertiary alicyclic amines) is 1. The van der Waals surface area contributed by atoms with Crippen LogP contribution >= 0.6 is 0 Å². The molecule has 3 aromatic rings. The van der Waals surface area contributed by atoms with E-state index >= 15 is 0 Å². The third-order valence-corrected chi connectivity index (χ3v) is 7.49. The van der Waals surface area contributed by atoms with E-state index in [1.165, 1.54) is 11.6 Å². The van der Waals surface area contributed by atoms with Gasteiger partial charge in [-0.25, -0.2) is 4.79 Å². The van der Waals surface area contributed by atoms with Crippen molar-refractivity contribution in [2.75, 3.05) is 20.1 Å². The molecule has 3 nitrogen and oxygen atoms in total. The topological polar surface area (TPSA) is 40.5 Å². The summed E-state index contributed by atoms with van der Waals surface area (Å²) in [7, 11) is 2.15. The number of alkyl halides is 3. The summed E-state index contributed by atoms with van der Waals surface area (Å²) in [4.78, 5) is 14.2. The molecule has 0 spiro atoms. The number of carboxylic acid groups (broad SMARTS) is 1. The molecule has 0 saturated carbocycles. The first-order valence-electron chi connectivity index (χ1n) is 12.2. The number of carbonyl (C=O) groups is 1. The number of allylic oxidation sites excluding steroid dienone is 4. The molecule has 1 fully saturated rings. The van der Waals surface area contributed by atoms with Gasteiger partial charge in [-0.3, -0.25) is 0 Å². The van der Waals surface area contributed by atoms with Gasteiger partial charge in [0.1, 0.15) is 0 Å². The van der Waals surface area contributed by atoms with Gasteiger partial charge in [0.25, 0.3) is 0 Å². The van der Waals surface area contributed by atoms with E-state index in [0.717, 1.165) is 59.5 Å². The summed E-state index contributed by atoms with van der Waals surface area (Å²) in [6.07, 6.45) is 2.09. The van der Waals surface area contributed by atoms with E-state index in [0.29, 0.717) is 5.92 Å². The highest BCUT2D eigenvalue weighted by Crippen LogP contribution is 2.38. The minimum Gasteiger partial charge on any atom is -0.478 e. The third-order valence-electron chi connectivity index (χ3n) is 7.49. The van der Waals surface area contributed by atoms with E-state index < -0.39 is 17.7 Å². The number of nitrogens with zero attached hydrogens (tertiary/aromatic N) is 1. The van der Waals surface area contributed by atoms with E-state index in [-0.39, 0.29) is 17.9 Å². The van der Waals surface area contributed by atoms with Gasteiger partial charge in [-0.2, -0.15) is 13.2 Å². The molecule has 36 heavy (non-hydrogen) atoms. The van der Waals surface area contributed by atoms with Crippen molar-refractivity contribution in [1.29, 1.82) is 0 Å². The zero-order valence-corrected chi connectivity index (χ0v) is 20.1. The molecular formula is C30H28F3NO2. The van der Waals surface area contributed by atoms with Gasteiger partial charge in [-0.05, 0) is 90.5 Å². The standard InChI is InChI=1S/C30H28F3NO2/c1-34-14-12-21(13-15-34)19-2-4-22(5-3-19)28-18-25(29(35)36)17-24-16-23(8-11-27(24)28)20-6-9-26(10-7-20)30(31,32)33/h2-6,8-11,16-18,20-21H,7,12-15H2,1H3,(H,35,36). The lowest BCUT2D eigenvalue weighted by atomic mass is 9.86. The molecule has 3 aromatic carbocycles. The van der Waals surface area contributed by atoms with Crippen molar-refractivity contribution in [3.63, 3.8) is 0 Å². The van der Waals surface area contributed by atoms with Crippen LogP contribution in [-0.2, 0) is 0 Å². The third kappa shape index (κ3) is 4.96. The zero-order chi connectivity index (χ0) is 25.4. The van der Waals surface area contributed by atoms with Crippen LogP contribution in [0.3, 0.4) is 0 Å². The minimum atomic E-state index is -4.35. The molecule has 1 heterocycles. The summed E-state index contributed by atoms with van der Waals surface area (Å²) in [5.74, 6) is -0.663. The number of hydrogen-bond acceptors (Lipinski definition) is 2. The summed E-state index contributed by atoms with van der Waals surface area (Å²) >= 11 is 0. The van der Waals surface area contributed by atoms with E-state index in [1.807, 2.05) is 18.2 Å². The van der Waals surface area contributed by atoms with Crippen LogP contribution in [0.25, 0.3) is 21.9 Å². The van der Waals surface area contributed by atoms with E-state index in [4.69, 9.17) is 0 Å². The van der Waals surface area contributed by atoms with Crippen LogP contribution in [-0.4, -0.2) is 42.3 Å². The molecule has 1 unspecified atom stereocenters. The Bertz CT molecular complexity index is 1350. The Morgan fingerprint density at radius 2 is 1.67 bits per heavy atom. The second-order valence-electron chi connectivity index (χ2n) is 9.87. The minimum absolute atomic E-state index is 0.187. The molecule has 1 N–H and O–H groups in total. The van der Waals surface area contributed by atoms with Crippen LogP contribution in [0.1, 0.15) is 52.6 Å². The van der Waals surface area contributed by atoms with Gasteiger partial charge in [0.05, 0.1) is 11.1 Å².